The second-order valence-corrected chi connectivity index (χ2v) is 11.4. The quantitative estimate of drug-likeness (QED) is 0.293. The number of thiophene rings is 1. The molecule has 0 aliphatic carbocycles. The van der Waals surface area contributed by atoms with Gasteiger partial charge >= 0.3 is 5.97 Å². The van der Waals surface area contributed by atoms with Gasteiger partial charge in [-0.15, -0.1) is 11.3 Å². The summed E-state index contributed by atoms with van der Waals surface area (Å²) in [6.07, 6.45) is 0.443. The number of amides is 1. The van der Waals surface area contributed by atoms with Crippen molar-refractivity contribution in [3.63, 3.8) is 0 Å². The lowest BCUT2D eigenvalue weighted by molar-refractivity contribution is -0.116. The monoisotopic (exact) mass is 542 g/mol. The van der Waals surface area contributed by atoms with Gasteiger partial charge in [0.15, 0.2) is 0 Å². The molecule has 0 saturated heterocycles. The Kier molecular flexibility index (Phi) is 8.05. The molecule has 0 radical (unpaired) electrons. The standard InChI is InChI=1S/C26H23ClN2O5S2/c1-34-26(31)24-16-19-15-21(9-12-23(19)35-24)28-25(30)17-29(14-13-18-5-3-2-4-6-18)36(32,33)22-10-7-20(27)8-11-22/h2-12,15-16H,13-14,17H2,1H3,(H,28,30). The van der Waals surface area contributed by atoms with Crippen LogP contribution < -0.4 is 5.32 Å². The summed E-state index contributed by atoms with van der Waals surface area (Å²) in [5.74, 6) is -0.911. The minimum Gasteiger partial charge on any atom is -0.465 e. The van der Waals surface area contributed by atoms with E-state index >= 15 is 0 Å². The molecule has 1 heterocycles. The van der Waals surface area contributed by atoms with E-state index in [0.29, 0.717) is 22.0 Å². The number of carbonyl (C=O) groups excluding carboxylic acids is 2. The number of esters is 1. The second kappa shape index (κ2) is 11.2. The molecule has 36 heavy (non-hydrogen) atoms. The Hall–Kier alpha value is -3.24. The number of hydrogen-bond acceptors (Lipinski definition) is 6. The average Bonchev–Trinajstić information content (AvgIpc) is 3.30. The smallest absolute Gasteiger partial charge is 0.348 e. The zero-order chi connectivity index (χ0) is 25.7. The van der Waals surface area contributed by atoms with Crippen LogP contribution in [0.1, 0.15) is 15.2 Å². The van der Waals surface area contributed by atoms with E-state index in [2.05, 4.69) is 5.32 Å². The largest absolute Gasteiger partial charge is 0.465 e. The summed E-state index contributed by atoms with van der Waals surface area (Å²) < 4.78 is 33.6. The maximum Gasteiger partial charge on any atom is 0.348 e. The average molecular weight is 543 g/mol. The number of halogens is 1. The maximum atomic E-state index is 13.4. The third kappa shape index (κ3) is 6.11. The first-order chi connectivity index (χ1) is 17.3. The van der Waals surface area contributed by atoms with Crippen molar-refractivity contribution in [2.24, 2.45) is 0 Å². The van der Waals surface area contributed by atoms with Gasteiger partial charge in [0.2, 0.25) is 15.9 Å². The van der Waals surface area contributed by atoms with Crippen LogP contribution in [0.2, 0.25) is 5.02 Å². The van der Waals surface area contributed by atoms with Crippen molar-refractivity contribution in [1.82, 2.24) is 4.31 Å². The van der Waals surface area contributed by atoms with Crippen LogP contribution in [0.4, 0.5) is 5.69 Å². The van der Waals surface area contributed by atoms with E-state index in [4.69, 9.17) is 16.3 Å². The number of hydrogen-bond donors (Lipinski definition) is 1. The van der Waals surface area contributed by atoms with E-state index in [0.717, 1.165) is 20.0 Å². The summed E-state index contributed by atoms with van der Waals surface area (Å²) in [6, 6.07) is 22.2. The van der Waals surface area contributed by atoms with Gasteiger partial charge in [0.25, 0.3) is 0 Å². The normalized spacial score (nSPS) is 11.5. The van der Waals surface area contributed by atoms with E-state index in [-0.39, 0.29) is 18.0 Å². The molecule has 1 N–H and O–H groups in total. The zero-order valence-corrected chi connectivity index (χ0v) is 21.7. The van der Waals surface area contributed by atoms with Crippen molar-refractivity contribution >= 4 is 60.6 Å². The number of methoxy groups -OCH3 is 1. The first kappa shape index (κ1) is 25.8. The van der Waals surface area contributed by atoms with Gasteiger partial charge in [-0.1, -0.05) is 41.9 Å². The van der Waals surface area contributed by atoms with E-state index in [1.165, 1.54) is 42.7 Å². The van der Waals surface area contributed by atoms with Crippen LogP contribution in [0, 0.1) is 0 Å². The summed E-state index contributed by atoms with van der Waals surface area (Å²) in [6.45, 7) is -0.249. The zero-order valence-electron chi connectivity index (χ0n) is 19.3. The molecular weight excluding hydrogens is 520 g/mol. The van der Waals surface area contributed by atoms with Crippen LogP contribution in [0.15, 0.2) is 83.8 Å². The molecule has 0 fully saturated rings. The van der Waals surface area contributed by atoms with E-state index in [1.807, 2.05) is 30.3 Å². The van der Waals surface area contributed by atoms with E-state index in [9.17, 15) is 18.0 Å². The lowest BCUT2D eigenvalue weighted by Gasteiger charge is -2.22. The van der Waals surface area contributed by atoms with Gasteiger partial charge in [-0.05, 0) is 65.9 Å². The Bertz CT molecular complexity index is 1490. The fourth-order valence-electron chi connectivity index (χ4n) is 3.62. The van der Waals surface area contributed by atoms with Crippen molar-refractivity contribution in [3.05, 3.63) is 94.3 Å². The molecule has 4 rings (SSSR count). The van der Waals surface area contributed by atoms with Gasteiger partial charge in [0.1, 0.15) is 4.88 Å². The van der Waals surface area contributed by atoms with Crippen LogP contribution >= 0.6 is 22.9 Å². The minimum atomic E-state index is -3.95. The van der Waals surface area contributed by atoms with Gasteiger partial charge in [-0.25, -0.2) is 13.2 Å². The van der Waals surface area contributed by atoms with Gasteiger partial charge in [-0.3, -0.25) is 4.79 Å². The first-order valence-corrected chi connectivity index (χ1v) is 13.6. The number of ether oxygens (including phenoxy) is 1. The number of fused-ring (bicyclic) bond motifs is 1. The molecule has 3 aromatic carbocycles. The van der Waals surface area contributed by atoms with Crippen LogP contribution in [-0.4, -0.2) is 44.8 Å². The van der Waals surface area contributed by atoms with Gasteiger partial charge in [0, 0.05) is 22.0 Å². The van der Waals surface area contributed by atoms with E-state index in [1.54, 1.807) is 24.3 Å². The lowest BCUT2D eigenvalue weighted by Crippen LogP contribution is -2.39. The Labute approximate surface area is 218 Å². The summed E-state index contributed by atoms with van der Waals surface area (Å²) in [5, 5.41) is 3.96. The van der Waals surface area contributed by atoms with Crippen molar-refractivity contribution < 1.29 is 22.7 Å². The highest BCUT2D eigenvalue weighted by Gasteiger charge is 2.26. The number of anilines is 1. The Morgan fingerprint density at radius 3 is 2.42 bits per heavy atom. The number of nitrogens with one attached hydrogen (secondary N) is 1. The summed E-state index contributed by atoms with van der Waals surface area (Å²) in [7, 11) is -2.64. The molecule has 0 atom stereocenters. The second-order valence-electron chi connectivity index (χ2n) is 7.93. The van der Waals surface area contributed by atoms with E-state index < -0.39 is 21.9 Å². The number of carbonyl (C=O) groups is 2. The molecule has 0 unspecified atom stereocenters. The van der Waals surface area contributed by atoms with Gasteiger partial charge in [0.05, 0.1) is 18.6 Å². The number of rotatable bonds is 9. The third-order valence-electron chi connectivity index (χ3n) is 5.45. The number of sulfonamides is 1. The van der Waals surface area contributed by atoms with Crippen molar-refractivity contribution in [3.8, 4) is 0 Å². The van der Waals surface area contributed by atoms with Crippen molar-refractivity contribution in [2.75, 3.05) is 25.5 Å². The lowest BCUT2D eigenvalue weighted by atomic mass is 10.1. The van der Waals surface area contributed by atoms with Gasteiger partial charge < -0.3 is 10.1 Å². The minimum absolute atomic E-state index is 0.0581. The molecule has 0 aliphatic rings. The molecule has 0 spiro atoms. The summed E-state index contributed by atoms with van der Waals surface area (Å²) in [4.78, 5) is 25.3. The molecule has 7 nitrogen and oxygen atoms in total. The summed E-state index contributed by atoms with van der Waals surface area (Å²) >= 11 is 7.22. The molecule has 1 aromatic heterocycles. The van der Waals surface area contributed by atoms with Crippen LogP contribution in [0.5, 0.6) is 0 Å². The molecule has 0 saturated carbocycles. The first-order valence-electron chi connectivity index (χ1n) is 11.0. The Morgan fingerprint density at radius 2 is 1.72 bits per heavy atom. The fraction of sp³-hybridized carbons (Fsp3) is 0.154. The van der Waals surface area contributed by atoms with Crippen LogP contribution in [0.25, 0.3) is 10.1 Å². The molecule has 4 aromatic rings. The molecule has 186 valence electrons. The number of benzene rings is 3. The molecule has 10 heteroatoms. The molecule has 1 amide bonds. The topological polar surface area (TPSA) is 92.8 Å². The summed E-state index contributed by atoms with van der Waals surface area (Å²) in [5.41, 5.74) is 1.45. The van der Waals surface area contributed by atoms with Crippen molar-refractivity contribution in [2.45, 2.75) is 11.3 Å². The number of nitrogens with zero attached hydrogens (tertiary/aromatic N) is 1. The highest BCUT2D eigenvalue weighted by atomic mass is 35.5. The Balaban J connectivity index is 1.53. The predicted octanol–water partition coefficient (Wildman–Crippen LogP) is 5.21. The highest BCUT2D eigenvalue weighted by molar-refractivity contribution is 7.89. The molecule has 0 bridgehead atoms. The van der Waals surface area contributed by atoms with Crippen LogP contribution in [-0.2, 0) is 26.0 Å². The third-order valence-corrected chi connectivity index (χ3v) is 8.66. The maximum absolute atomic E-state index is 13.4. The fourth-order valence-corrected chi connectivity index (χ4v) is 6.11. The van der Waals surface area contributed by atoms with Crippen molar-refractivity contribution in [1.29, 1.82) is 0 Å². The van der Waals surface area contributed by atoms with Gasteiger partial charge in [-0.2, -0.15) is 4.31 Å². The highest BCUT2D eigenvalue weighted by Crippen LogP contribution is 2.29. The molecule has 0 aliphatic heterocycles. The van der Waals surface area contributed by atoms with Crippen LogP contribution in [0.3, 0.4) is 0 Å². The Morgan fingerprint density at radius 1 is 1.00 bits per heavy atom. The SMILES string of the molecule is COC(=O)c1cc2cc(NC(=O)CN(CCc3ccccc3)S(=O)(=O)c3ccc(Cl)cc3)ccc2s1. The molecular formula is C26H23ClN2O5S2. The predicted molar refractivity (Wildman–Crippen MR) is 142 cm³/mol.